The summed E-state index contributed by atoms with van der Waals surface area (Å²) in [5, 5.41) is 0. The predicted octanol–water partition coefficient (Wildman–Crippen LogP) is 1.08. The first-order valence-corrected chi connectivity index (χ1v) is 2.96. The van der Waals surface area contributed by atoms with Gasteiger partial charge in [-0.05, 0) is 6.07 Å². The lowest BCUT2D eigenvalue weighted by Gasteiger charge is -2.08. The Kier molecular flexibility index (Phi) is 2.19. The van der Waals surface area contributed by atoms with Crippen LogP contribution in [0.4, 0.5) is 8.78 Å². The maximum Gasteiger partial charge on any atom is 0.470 e. The first-order valence-electron chi connectivity index (χ1n) is 2.96. The zero-order valence-electron chi connectivity index (χ0n) is 5.87. The third-order valence-electron chi connectivity index (χ3n) is 0.930. The summed E-state index contributed by atoms with van der Waals surface area (Å²) in [6, 6.07) is 1.03. The van der Waals surface area contributed by atoms with Crippen molar-refractivity contribution in [2.45, 2.75) is 6.11 Å². The number of rotatable bonds is 2. The predicted molar refractivity (Wildman–Crippen MR) is 36.4 cm³/mol. The van der Waals surface area contributed by atoms with Gasteiger partial charge in [0.2, 0.25) is 0 Å². The molecule has 3 nitrogen and oxygen atoms in total. The van der Waals surface area contributed by atoms with E-state index in [0.717, 1.165) is 5.92 Å². The van der Waals surface area contributed by atoms with Crippen LogP contribution in [-0.2, 0) is 0 Å². The van der Waals surface area contributed by atoms with E-state index in [4.69, 9.17) is 0 Å². The van der Waals surface area contributed by atoms with Crippen LogP contribution in [0.5, 0.6) is 6.01 Å². The molecule has 0 aliphatic carbocycles. The summed E-state index contributed by atoms with van der Waals surface area (Å²) < 4.78 is 28.6. The summed E-state index contributed by atoms with van der Waals surface area (Å²) in [6.45, 7) is 0. The Morgan fingerprint density at radius 2 is 2.00 bits per heavy atom. The molecule has 1 heterocycles. The Hall–Kier alpha value is -1.70. The Morgan fingerprint density at radius 3 is 2.50 bits per heavy atom. The molecule has 1 rings (SSSR count). The van der Waals surface area contributed by atoms with Gasteiger partial charge in [0.25, 0.3) is 0 Å². The van der Waals surface area contributed by atoms with Crippen LogP contribution >= 0.6 is 0 Å². The smallest absolute Gasteiger partial charge is 0.388 e. The molecule has 0 fully saturated rings. The number of ether oxygens (including phenoxy) is 1. The quantitative estimate of drug-likeness (QED) is 0.623. The molecule has 0 saturated heterocycles. The van der Waals surface area contributed by atoms with E-state index < -0.39 is 12.1 Å². The molecule has 0 aliphatic heterocycles. The van der Waals surface area contributed by atoms with Gasteiger partial charge < -0.3 is 4.74 Å². The zero-order chi connectivity index (χ0) is 9.03. The van der Waals surface area contributed by atoms with Crippen molar-refractivity contribution < 1.29 is 13.5 Å². The molecule has 0 N–H and O–H groups in total. The molecule has 12 heavy (non-hydrogen) atoms. The molecule has 0 bridgehead atoms. The molecule has 62 valence electrons. The van der Waals surface area contributed by atoms with E-state index in [-0.39, 0.29) is 0 Å². The molecule has 0 unspecified atom stereocenters. The van der Waals surface area contributed by atoms with Gasteiger partial charge in [-0.3, -0.25) is 0 Å². The van der Waals surface area contributed by atoms with Crippen molar-refractivity contribution in [1.29, 1.82) is 0 Å². The van der Waals surface area contributed by atoms with Gasteiger partial charge in [-0.15, -0.1) is 6.42 Å². The fraction of sp³-hybridized carbons (Fsp3) is 0.143. The average Bonchev–Trinajstić information content (AvgIpc) is 2.06. The van der Waals surface area contributed by atoms with E-state index >= 15 is 0 Å². The van der Waals surface area contributed by atoms with Crippen LogP contribution in [0, 0.1) is 12.3 Å². The molecule has 0 aliphatic rings. The van der Waals surface area contributed by atoms with Gasteiger partial charge in [0.1, 0.15) is 0 Å². The Morgan fingerprint density at radius 1 is 1.42 bits per heavy atom. The molecule has 0 spiro atoms. The lowest BCUT2D eigenvalue weighted by molar-refractivity contribution is -0.127. The maximum atomic E-state index is 12.3. The second-order valence-corrected chi connectivity index (χ2v) is 1.79. The number of hydrogen-bond acceptors (Lipinski definition) is 3. The van der Waals surface area contributed by atoms with Crippen molar-refractivity contribution in [3.8, 4) is 18.4 Å². The number of alkyl halides is 2. The first kappa shape index (κ1) is 8.40. The highest BCUT2D eigenvalue weighted by Gasteiger charge is 2.29. The molecular formula is C7H4F2N2O. The zero-order valence-corrected chi connectivity index (χ0v) is 5.87. The topological polar surface area (TPSA) is 35.0 Å². The average molecular weight is 170 g/mol. The van der Waals surface area contributed by atoms with E-state index in [0.29, 0.717) is 0 Å². The molecule has 0 radical (unpaired) electrons. The van der Waals surface area contributed by atoms with Gasteiger partial charge >= 0.3 is 12.1 Å². The Labute approximate surface area is 67.4 Å². The molecule has 5 heteroatoms. The van der Waals surface area contributed by atoms with E-state index in [1.54, 1.807) is 0 Å². The van der Waals surface area contributed by atoms with E-state index in [1.165, 1.54) is 18.5 Å². The van der Waals surface area contributed by atoms with Gasteiger partial charge in [-0.2, -0.15) is 8.78 Å². The standard InChI is InChI=1S/C7H4F2N2O/c1-2-7(8,9)12-6-10-4-3-5-11-6/h1,3-5H. The van der Waals surface area contributed by atoms with Crippen LogP contribution < -0.4 is 4.74 Å². The van der Waals surface area contributed by atoms with Crippen molar-refractivity contribution in [2.24, 2.45) is 0 Å². The molecule has 0 saturated carbocycles. The highest BCUT2D eigenvalue weighted by molar-refractivity contribution is 5.02. The third-order valence-corrected chi connectivity index (χ3v) is 0.930. The molecule has 0 aromatic carbocycles. The second kappa shape index (κ2) is 3.13. The number of aromatic nitrogens is 2. The van der Waals surface area contributed by atoms with Crippen LogP contribution in [0.15, 0.2) is 18.5 Å². The summed E-state index contributed by atoms with van der Waals surface area (Å²) in [6.07, 6.45) is 3.37. The van der Waals surface area contributed by atoms with E-state index in [1.807, 2.05) is 0 Å². The minimum absolute atomic E-state index is 0.444. The summed E-state index contributed by atoms with van der Waals surface area (Å²) in [5.41, 5.74) is 0. The first-order chi connectivity index (χ1) is 5.64. The number of hydrogen-bond donors (Lipinski definition) is 0. The van der Waals surface area contributed by atoms with Crippen molar-refractivity contribution in [2.75, 3.05) is 0 Å². The molecular weight excluding hydrogens is 166 g/mol. The van der Waals surface area contributed by atoms with Crippen LogP contribution in [0.25, 0.3) is 0 Å². The summed E-state index contributed by atoms with van der Waals surface area (Å²) in [4.78, 5) is 6.81. The molecule has 0 amide bonds. The summed E-state index contributed by atoms with van der Waals surface area (Å²) in [5.74, 6) is 1.15. The fourth-order valence-corrected chi connectivity index (χ4v) is 0.482. The lowest BCUT2D eigenvalue weighted by atomic mass is 10.6. The highest BCUT2D eigenvalue weighted by atomic mass is 19.3. The SMILES string of the molecule is C#CC(F)(F)Oc1ncccn1. The van der Waals surface area contributed by atoms with Crippen molar-refractivity contribution in [3.63, 3.8) is 0 Å². The van der Waals surface area contributed by atoms with Crippen LogP contribution in [-0.4, -0.2) is 16.1 Å². The third kappa shape index (κ3) is 2.16. The van der Waals surface area contributed by atoms with Crippen molar-refractivity contribution >= 4 is 0 Å². The minimum Gasteiger partial charge on any atom is -0.388 e. The number of halogens is 2. The van der Waals surface area contributed by atoms with Crippen LogP contribution in [0.3, 0.4) is 0 Å². The lowest BCUT2D eigenvalue weighted by Crippen LogP contribution is -2.22. The highest BCUT2D eigenvalue weighted by Crippen LogP contribution is 2.15. The van der Waals surface area contributed by atoms with Gasteiger partial charge in [-0.1, -0.05) is 0 Å². The van der Waals surface area contributed by atoms with Gasteiger partial charge in [0, 0.05) is 18.3 Å². The van der Waals surface area contributed by atoms with E-state index in [2.05, 4.69) is 21.1 Å². The second-order valence-electron chi connectivity index (χ2n) is 1.79. The van der Waals surface area contributed by atoms with Crippen molar-refractivity contribution in [3.05, 3.63) is 18.5 Å². The Balaban J connectivity index is 2.72. The van der Waals surface area contributed by atoms with Gasteiger partial charge in [0.15, 0.2) is 0 Å². The molecule has 0 atom stereocenters. The maximum absolute atomic E-state index is 12.3. The molecule has 1 aromatic heterocycles. The van der Waals surface area contributed by atoms with Gasteiger partial charge in [-0.25, -0.2) is 9.97 Å². The summed E-state index contributed by atoms with van der Waals surface area (Å²) >= 11 is 0. The van der Waals surface area contributed by atoms with E-state index in [9.17, 15) is 8.78 Å². The van der Waals surface area contributed by atoms with Crippen LogP contribution in [0.1, 0.15) is 0 Å². The van der Waals surface area contributed by atoms with Gasteiger partial charge in [0.05, 0.1) is 0 Å². The monoisotopic (exact) mass is 170 g/mol. The van der Waals surface area contributed by atoms with Crippen molar-refractivity contribution in [1.82, 2.24) is 9.97 Å². The Bertz CT molecular complexity index is 294. The molecule has 1 aromatic rings. The minimum atomic E-state index is -3.65. The number of terminal acetylenes is 1. The number of nitrogens with zero attached hydrogens (tertiary/aromatic N) is 2. The summed E-state index contributed by atoms with van der Waals surface area (Å²) in [7, 11) is 0. The fourth-order valence-electron chi connectivity index (χ4n) is 0.482. The van der Waals surface area contributed by atoms with Crippen LogP contribution in [0.2, 0.25) is 0 Å². The largest absolute Gasteiger partial charge is 0.470 e. The normalized spacial score (nSPS) is 10.4.